The Kier molecular flexibility index (Phi) is 5.75. The second kappa shape index (κ2) is 6.00. The van der Waals surface area contributed by atoms with Crippen LogP contribution in [0.3, 0.4) is 0 Å². The van der Waals surface area contributed by atoms with E-state index >= 15 is 0 Å². The fraction of sp³-hybridized carbons (Fsp3) is 0.769. The number of hydrogen-bond donors (Lipinski definition) is 0. The Bertz CT molecular complexity index is 196. The topological polar surface area (TPSA) is 12.4 Å². The molecule has 0 aliphatic carbocycles. The van der Waals surface area contributed by atoms with Crippen LogP contribution >= 0.6 is 0 Å². The molecule has 0 heterocycles. The van der Waals surface area contributed by atoms with Gasteiger partial charge >= 0.3 is 0 Å². The molecule has 0 aromatic heterocycles. The van der Waals surface area contributed by atoms with Crippen molar-refractivity contribution in [3.05, 3.63) is 11.8 Å². The molecule has 0 rings (SSSR count). The van der Waals surface area contributed by atoms with E-state index < -0.39 is 0 Å². The molecule has 1 heteroatoms. The van der Waals surface area contributed by atoms with Gasteiger partial charge in [-0.1, -0.05) is 34.6 Å². The zero-order valence-electron chi connectivity index (χ0n) is 10.4. The van der Waals surface area contributed by atoms with Gasteiger partial charge in [0.05, 0.1) is 0 Å². The van der Waals surface area contributed by atoms with Gasteiger partial charge in [-0.25, -0.2) is 0 Å². The number of aliphatic imine (C=N–C) groups is 1. The molecule has 0 amide bonds. The van der Waals surface area contributed by atoms with Gasteiger partial charge in [-0.15, -0.1) is 0 Å². The fourth-order valence-corrected chi connectivity index (χ4v) is 1.88. The van der Waals surface area contributed by atoms with E-state index in [4.69, 9.17) is 0 Å². The molecule has 0 aliphatic rings. The summed E-state index contributed by atoms with van der Waals surface area (Å²) >= 11 is 0. The third-order valence-corrected chi connectivity index (χ3v) is 2.54. The van der Waals surface area contributed by atoms with Crippen LogP contribution in [0.2, 0.25) is 0 Å². The van der Waals surface area contributed by atoms with E-state index in [0.29, 0.717) is 11.3 Å². The molecule has 14 heavy (non-hydrogen) atoms. The minimum absolute atomic E-state index is 0.399. The molecule has 1 nitrogen and oxygen atoms in total. The quantitative estimate of drug-likeness (QED) is 0.575. The van der Waals surface area contributed by atoms with Gasteiger partial charge in [0.25, 0.3) is 0 Å². The smallest absolute Gasteiger partial charge is 0.0255 e. The lowest BCUT2D eigenvalue weighted by Crippen LogP contribution is -2.14. The Hall–Kier alpha value is -0.590. The molecular formula is C13H25N. The highest BCUT2D eigenvalue weighted by atomic mass is 14.6. The van der Waals surface area contributed by atoms with Crippen LogP contribution in [0.25, 0.3) is 0 Å². The summed E-state index contributed by atoms with van der Waals surface area (Å²) in [6.07, 6.45) is 5.47. The average molecular weight is 195 g/mol. The first-order valence-corrected chi connectivity index (χ1v) is 5.59. The van der Waals surface area contributed by atoms with Gasteiger partial charge in [-0.05, 0) is 42.9 Å². The summed E-state index contributed by atoms with van der Waals surface area (Å²) in [6.45, 7) is 14.9. The number of hydrogen-bond acceptors (Lipinski definition) is 1. The molecule has 0 radical (unpaired) electrons. The van der Waals surface area contributed by atoms with Crippen molar-refractivity contribution in [1.29, 1.82) is 0 Å². The van der Waals surface area contributed by atoms with Crippen LogP contribution in [0.5, 0.6) is 0 Å². The predicted octanol–water partition coefficient (Wildman–Crippen LogP) is 4.44. The first-order valence-electron chi connectivity index (χ1n) is 5.59. The van der Waals surface area contributed by atoms with Crippen molar-refractivity contribution in [2.24, 2.45) is 16.3 Å². The van der Waals surface area contributed by atoms with Crippen LogP contribution in [0.15, 0.2) is 16.8 Å². The molecule has 0 fully saturated rings. The van der Waals surface area contributed by atoms with Crippen molar-refractivity contribution in [2.75, 3.05) is 0 Å². The normalized spacial score (nSPS) is 15.4. The van der Waals surface area contributed by atoms with Crippen LogP contribution in [-0.2, 0) is 0 Å². The van der Waals surface area contributed by atoms with Crippen LogP contribution in [0, 0.1) is 11.3 Å². The average Bonchev–Trinajstić information content (AvgIpc) is 2.09. The predicted molar refractivity (Wildman–Crippen MR) is 65.8 cm³/mol. The van der Waals surface area contributed by atoms with Crippen LogP contribution in [0.1, 0.15) is 53.9 Å². The standard InChI is InChI=1S/C13H25N/c1-7-11(9-13(3,4)5)12(8-2)10-14-6/h10-11H,6-9H2,1-5H3/b12-10+. The maximum atomic E-state index is 3.89. The van der Waals surface area contributed by atoms with E-state index in [0.717, 1.165) is 6.42 Å². The minimum atomic E-state index is 0.399. The third kappa shape index (κ3) is 5.21. The van der Waals surface area contributed by atoms with E-state index in [9.17, 15) is 0 Å². The van der Waals surface area contributed by atoms with E-state index in [1.807, 2.05) is 6.20 Å². The SMILES string of the molecule is C=N/C=C(\CC)C(CC)CC(C)(C)C. The highest BCUT2D eigenvalue weighted by molar-refractivity contribution is 5.27. The second-order valence-electron chi connectivity index (χ2n) is 5.11. The molecule has 0 aromatic carbocycles. The lowest BCUT2D eigenvalue weighted by Gasteiger charge is -2.26. The van der Waals surface area contributed by atoms with Crippen LogP contribution < -0.4 is 0 Å². The van der Waals surface area contributed by atoms with Gasteiger partial charge in [0.15, 0.2) is 0 Å². The zero-order chi connectivity index (χ0) is 11.2. The number of allylic oxidation sites excluding steroid dienone is 1. The van der Waals surface area contributed by atoms with E-state index in [1.54, 1.807) is 0 Å². The van der Waals surface area contributed by atoms with Crippen LogP contribution in [0.4, 0.5) is 0 Å². The number of nitrogens with zero attached hydrogens (tertiary/aromatic N) is 1. The molecule has 0 aliphatic heterocycles. The van der Waals surface area contributed by atoms with Crippen molar-refractivity contribution in [1.82, 2.24) is 0 Å². The molecule has 0 saturated carbocycles. The van der Waals surface area contributed by atoms with Gasteiger partial charge in [-0.2, -0.15) is 0 Å². The Morgan fingerprint density at radius 2 is 1.93 bits per heavy atom. The van der Waals surface area contributed by atoms with E-state index in [-0.39, 0.29) is 0 Å². The minimum Gasteiger partial charge on any atom is -0.273 e. The molecule has 82 valence electrons. The Labute approximate surface area is 89.3 Å². The molecule has 0 bridgehead atoms. The van der Waals surface area contributed by atoms with Crippen molar-refractivity contribution < 1.29 is 0 Å². The van der Waals surface area contributed by atoms with Gasteiger partial charge in [0.1, 0.15) is 0 Å². The van der Waals surface area contributed by atoms with E-state index in [2.05, 4.69) is 46.3 Å². The summed E-state index contributed by atoms with van der Waals surface area (Å²) in [5.74, 6) is 0.672. The summed E-state index contributed by atoms with van der Waals surface area (Å²) < 4.78 is 0. The first kappa shape index (κ1) is 13.4. The maximum Gasteiger partial charge on any atom is 0.0255 e. The highest BCUT2D eigenvalue weighted by Crippen LogP contribution is 2.32. The Morgan fingerprint density at radius 3 is 2.21 bits per heavy atom. The molecular weight excluding hydrogens is 170 g/mol. The molecule has 0 saturated heterocycles. The Morgan fingerprint density at radius 1 is 1.36 bits per heavy atom. The molecule has 0 spiro atoms. The van der Waals surface area contributed by atoms with Gasteiger partial charge in [-0.3, -0.25) is 4.99 Å². The van der Waals surface area contributed by atoms with Crippen LogP contribution in [-0.4, -0.2) is 6.72 Å². The summed E-state index contributed by atoms with van der Waals surface area (Å²) in [5.41, 5.74) is 1.84. The van der Waals surface area contributed by atoms with Gasteiger partial charge in [0.2, 0.25) is 0 Å². The van der Waals surface area contributed by atoms with Crippen molar-refractivity contribution in [3.8, 4) is 0 Å². The second-order valence-corrected chi connectivity index (χ2v) is 5.11. The lowest BCUT2D eigenvalue weighted by molar-refractivity contribution is 0.309. The first-order chi connectivity index (χ1) is 6.44. The fourth-order valence-electron chi connectivity index (χ4n) is 1.88. The summed E-state index contributed by atoms with van der Waals surface area (Å²) in [7, 11) is 0. The monoisotopic (exact) mass is 195 g/mol. The maximum absolute atomic E-state index is 3.89. The molecule has 1 unspecified atom stereocenters. The van der Waals surface area contributed by atoms with E-state index in [1.165, 1.54) is 18.4 Å². The molecule has 0 N–H and O–H groups in total. The Balaban J connectivity index is 4.53. The van der Waals surface area contributed by atoms with Crippen molar-refractivity contribution in [2.45, 2.75) is 53.9 Å². The molecule has 1 atom stereocenters. The summed E-state index contributed by atoms with van der Waals surface area (Å²) in [5, 5.41) is 0. The number of rotatable bonds is 5. The van der Waals surface area contributed by atoms with Gasteiger partial charge in [0, 0.05) is 6.20 Å². The highest BCUT2D eigenvalue weighted by Gasteiger charge is 2.19. The van der Waals surface area contributed by atoms with Crippen molar-refractivity contribution >= 4 is 6.72 Å². The summed E-state index contributed by atoms with van der Waals surface area (Å²) in [6, 6.07) is 0. The lowest BCUT2D eigenvalue weighted by atomic mass is 9.79. The van der Waals surface area contributed by atoms with Crippen molar-refractivity contribution in [3.63, 3.8) is 0 Å². The van der Waals surface area contributed by atoms with Gasteiger partial charge < -0.3 is 0 Å². The zero-order valence-corrected chi connectivity index (χ0v) is 10.4. The summed E-state index contributed by atoms with van der Waals surface area (Å²) in [4.78, 5) is 3.89. The molecule has 0 aromatic rings. The third-order valence-electron chi connectivity index (χ3n) is 2.54. The largest absolute Gasteiger partial charge is 0.273 e.